The summed E-state index contributed by atoms with van der Waals surface area (Å²) in [4.78, 5) is 17.5. The second-order valence-corrected chi connectivity index (χ2v) is 6.13. The number of carboxylic acids is 1. The van der Waals surface area contributed by atoms with Gasteiger partial charge in [-0.25, -0.2) is 9.78 Å². The number of benzene rings is 1. The number of pyridine rings is 1. The van der Waals surface area contributed by atoms with Gasteiger partial charge in [0.25, 0.3) is 0 Å². The normalized spacial score (nSPS) is 17.2. The number of ether oxygens (including phenoxy) is 2. The molecule has 0 aliphatic carbocycles. The molecule has 132 valence electrons. The largest absolute Gasteiger partial charge is 0.497 e. The topological polar surface area (TPSA) is 71.9 Å². The van der Waals surface area contributed by atoms with Crippen molar-refractivity contribution >= 4 is 11.8 Å². The number of piperidine rings is 1. The number of hydrogen-bond donors (Lipinski definition) is 1. The molecule has 0 saturated carbocycles. The van der Waals surface area contributed by atoms with Crippen LogP contribution in [0.1, 0.15) is 23.3 Å². The van der Waals surface area contributed by atoms with Crippen molar-refractivity contribution in [1.29, 1.82) is 0 Å². The second kappa shape index (κ2) is 7.88. The van der Waals surface area contributed by atoms with Crippen molar-refractivity contribution in [3.05, 3.63) is 48.2 Å². The molecule has 1 atom stereocenters. The summed E-state index contributed by atoms with van der Waals surface area (Å²) in [6, 6.07) is 12.7. The molecule has 0 unspecified atom stereocenters. The zero-order valence-corrected chi connectivity index (χ0v) is 14.2. The van der Waals surface area contributed by atoms with E-state index in [1.165, 1.54) is 6.07 Å². The van der Waals surface area contributed by atoms with Crippen LogP contribution in [0.5, 0.6) is 11.5 Å². The van der Waals surface area contributed by atoms with Crippen molar-refractivity contribution in [3.8, 4) is 11.5 Å². The average molecular weight is 342 g/mol. The molecule has 2 aromatic rings. The first kappa shape index (κ1) is 17.1. The van der Waals surface area contributed by atoms with Crippen LogP contribution in [0.15, 0.2) is 42.5 Å². The smallest absolute Gasteiger partial charge is 0.354 e. The van der Waals surface area contributed by atoms with E-state index < -0.39 is 5.97 Å². The molecular weight excluding hydrogens is 320 g/mol. The summed E-state index contributed by atoms with van der Waals surface area (Å²) >= 11 is 0. The Hall–Kier alpha value is -2.76. The van der Waals surface area contributed by atoms with Crippen LogP contribution < -0.4 is 14.4 Å². The molecule has 1 aromatic carbocycles. The monoisotopic (exact) mass is 342 g/mol. The third-order valence-corrected chi connectivity index (χ3v) is 4.32. The van der Waals surface area contributed by atoms with E-state index in [4.69, 9.17) is 14.6 Å². The summed E-state index contributed by atoms with van der Waals surface area (Å²) in [5.74, 6) is 1.65. The molecule has 0 amide bonds. The zero-order valence-electron chi connectivity index (χ0n) is 14.2. The highest BCUT2D eigenvalue weighted by Crippen LogP contribution is 2.24. The van der Waals surface area contributed by atoms with Gasteiger partial charge in [-0.3, -0.25) is 0 Å². The highest BCUT2D eigenvalue weighted by molar-refractivity contribution is 5.85. The predicted molar refractivity (Wildman–Crippen MR) is 94.6 cm³/mol. The Morgan fingerprint density at radius 2 is 2.08 bits per heavy atom. The predicted octanol–water partition coefficient (Wildman–Crippen LogP) is 3.08. The summed E-state index contributed by atoms with van der Waals surface area (Å²) in [5.41, 5.74) is 0.0762. The highest BCUT2D eigenvalue weighted by Gasteiger charge is 2.22. The van der Waals surface area contributed by atoms with E-state index >= 15 is 0 Å². The van der Waals surface area contributed by atoms with Gasteiger partial charge in [0, 0.05) is 25.1 Å². The van der Waals surface area contributed by atoms with Crippen molar-refractivity contribution in [3.63, 3.8) is 0 Å². The third-order valence-electron chi connectivity index (χ3n) is 4.32. The minimum Gasteiger partial charge on any atom is -0.497 e. The van der Waals surface area contributed by atoms with Gasteiger partial charge in [-0.1, -0.05) is 12.1 Å². The Kier molecular flexibility index (Phi) is 5.38. The molecule has 2 heterocycles. The molecule has 1 aliphatic heterocycles. The third kappa shape index (κ3) is 4.41. The van der Waals surface area contributed by atoms with Crippen LogP contribution in [-0.2, 0) is 0 Å². The molecule has 25 heavy (non-hydrogen) atoms. The number of nitrogens with zero attached hydrogens (tertiary/aromatic N) is 2. The van der Waals surface area contributed by atoms with Crippen molar-refractivity contribution in [1.82, 2.24) is 4.98 Å². The molecule has 3 rings (SSSR count). The van der Waals surface area contributed by atoms with Gasteiger partial charge in [-0.2, -0.15) is 0 Å². The van der Waals surface area contributed by atoms with Crippen molar-refractivity contribution in [2.75, 3.05) is 31.7 Å². The first-order valence-electron chi connectivity index (χ1n) is 8.38. The maximum Gasteiger partial charge on any atom is 0.354 e. The van der Waals surface area contributed by atoms with Gasteiger partial charge in [0.15, 0.2) is 5.69 Å². The van der Waals surface area contributed by atoms with Crippen LogP contribution in [0.2, 0.25) is 0 Å². The molecule has 0 radical (unpaired) electrons. The minimum atomic E-state index is -1.00. The molecule has 6 nitrogen and oxygen atoms in total. The molecule has 0 bridgehead atoms. The number of methoxy groups -OCH3 is 1. The van der Waals surface area contributed by atoms with Gasteiger partial charge in [-0.15, -0.1) is 0 Å². The Bertz CT molecular complexity index is 735. The fourth-order valence-electron chi connectivity index (χ4n) is 3.03. The van der Waals surface area contributed by atoms with Gasteiger partial charge in [0.05, 0.1) is 13.7 Å². The lowest BCUT2D eigenvalue weighted by Crippen LogP contribution is -2.38. The Morgan fingerprint density at radius 1 is 1.28 bits per heavy atom. The molecule has 1 N–H and O–H groups in total. The number of hydrogen-bond acceptors (Lipinski definition) is 5. The van der Waals surface area contributed by atoms with E-state index in [0.29, 0.717) is 18.3 Å². The number of aromatic nitrogens is 1. The number of carbonyl (C=O) groups is 1. The van der Waals surface area contributed by atoms with Gasteiger partial charge < -0.3 is 19.5 Å². The summed E-state index contributed by atoms with van der Waals surface area (Å²) in [6.45, 7) is 2.30. The van der Waals surface area contributed by atoms with Crippen molar-refractivity contribution in [2.45, 2.75) is 12.8 Å². The zero-order chi connectivity index (χ0) is 17.6. The van der Waals surface area contributed by atoms with Gasteiger partial charge >= 0.3 is 5.97 Å². The number of aromatic carboxylic acids is 1. The molecule has 0 spiro atoms. The lowest BCUT2D eigenvalue weighted by Gasteiger charge is -2.33. The van der Waals surface area contributed by atoms with Gasteiger partial charge in [-0.05, 0) is 37.1 Å². The van der Waals surface area contributed by atoms with Crippen molar-refractivity contribution < 1.29 is 19.4 Å². The fourth-order valence-corrected chi connectivity index (χ4v) is 3.03. The maximum atomic E-state index is 11.1. The van der Waals surface area contributed by atoms with Gasteiger partial charge in [0.2, 0.25) is 0 Å². The SMILES string of the molecule is COc1cccc(OC[C@@H]2CCCN(c3cccc(C(=O)O)n3)C2)c1. The minimum absolute atomic E-state index is 0.0762. The van der Waals surface area contributed by atoms with Gasteiger partial charge in [0.1, 0.15) is 17.3 Å². The van der Waals surface area contributed by atoms with E-state index in [-0.39, 0.29) is 5.69 Å². The van der Waals surface area contributed by atoms with Crippen LogP contribution in [0.4, 0.5) is 5.82 Å². The molecule has 6 heteroatoms. The van der Waals surface area contributed by atoms with E-state index in [1.54, 1.807) is 13.2 Å². The first-order chi connectivity index (χ1) is 12.2. The van der Waals surface area contributed by atoms with E-state index in [9.17, 15) is 4.79 Å². The van der Waals surface area contributed by atoms with Crippen LogP contribution in [-0.4, -0.2) is 42.9 Å². The highest BCUT2D eigenvalue weighted by atomic mass is 16.5. The number of carboxylic acid groups (broad SMARTS) is 1. The molecule has 1 saturated heterocycles. The maximum absolute atomic E-state index is 11.1. The van der Waals surface area contributed by atoms with Crippen LogP contribution in [0, 0.1) is 5.92 Å². The lowest BCUT2D eigenvalue weighted by atomic mass is 9.99. The van der Waals surface area contributed by atoms with Crippen LogP contribution in [0.3, 0.4) is 0 Å². The van der Waals surface area contributed by atoms with E-state index in [2.05, 4.69) is 9.88 Å². The average Bonchev–Trinajstić information content (AvgIpc) is 2.67. The Morgan fingerprint density at radius 3 is 2.88 bits per heavy atom. The fraction of sp³-hybridized carbons (Fsp3) is 0.368. The summed E-state index contributed by atoms with van der Waals surface area (Å²) in [5, 5.41) is 9.10. The molecular formula is C19H22N2O4. The number of anilines is 1. The summed E-state index contributed by atoms with van der Waals surface area (Å²) in [7, 11) is 1.64. The van der Waals surface area contributed by atoms with E-state index in [1.807, 2.05) is 30.3 Å². The van der Waals surface area contributed by atoms with Crippen molar-refractivity contribution in [2.24, 2.45) is 5.92 Å². The number of rotatable bonds is 6. The standard InChI is InChI=1S/C19H22N2O4/c1-24-15-6-2-7-16(11-15)25-13-14-5-4-10-21(12-14)18-9-3-8-17(20-18)19(22)23/h2-3,6-9,11,14H,4-5,10,12-13H2,1H3,(H,22,23)/t14-/m1/s1. The Labute approximate surface area is 147 Å². The molecule has 1 fully saturated rings. The second-order valence-electron chi connectivity index (χ2n) is 6.13. The summed E-state index contributed by atoms with van der Waals surface area (Å²) < 4.78 is 11.1. The Balaban J connectivity index is 1.61. The molecule has 1 aromatic heterocycles. The lowest BCUT2D eigenvalue weighted by molar-refractivity contribution is 0.0690. The molecule has 1 aliphatic rings. The first-order valence-corrected chi connectivity index (χ1v) is 8.38. The summed E-state index contributed by atoms with van der Waals surface area (Å²) in [6.07, 6.45) is 2.12. The van der Waals surface area contributed by atoms with Crippen LogP contribution >= 0.6 is 0 Å². The van der Waals surface area contributed by atoms with Crippen LogP contribution in [0.25, 0.3) is 0 Å². The quantitative estimate of drug-likeness (QED) is 0.870. The van der Waals surface area contributed by atoms with E-state index in [0.717, 1.165) is 37.4 Å².